The predicted molar refractivity (Wildman–Crippen MR) is 56.2 cm³/mol. The van der Waals surface area contributed by atoms with E-state index in [4.69, 9.17) is 10.2 Å². The fraction of sp³-hybridized carbons (Fsp3) is 0.909. The van der Waals surface area contributed by atoms with Crippen LogP contribution in [0, 0.1) is 5.92 Å². The highest BCUT2D eigenvalue weighted by Gasteiger charge is 2.15. The van der Waals surface area contributed by atoms with E-state index in [1.807, 2.05) is 0 Å². The first kappa shape index (κ1) is 13.4. The van der Waals surface area contributed by atoms with E-state index >= 15 is 0 Å². The Morgan fingerprint density at radius 1 is 1.14 bits per heavy atom. The molecule has 3 nitrogen and oxygen atoms in total. The number of aliphatic hydroxyl groups is 1. The molecule has 0 aromatic heterocycles. The molecule has 0 saturated carbocycles. The monoisotopic (exact) mass is 202 g/mol. The summed E-state index contributed by atoms with van der Waals surface area (Å²) in [5.41, 5.74) is 0. The second-order valence-electron chi connectivity index (χ2n) is 3.75. The first-order valence-corrected chi connectivity index (χ1v) is 5.56. The number of carboxylic acid groups (broad SMARTS) is 1. The first-order valence-electron chi connectivity index (χ1n) is 5.56. The van der Waals surface area contributed by atoms with Gasteiger partial charge in [-0.2, -0.15) is 0 Å². The fourth-order valence-corrected chi connectivity index (χ4v) is 1.52. The number of hydrogen-bond donors (Lipinski definition) is 2. The molecule has 84 valence electrons. The highest BCUT2D eigenvalue weighted by atomic mass is 16.4. The Morgan fingerprint density at radius 3 is 2.29 bits per heavy atom. The minimum absolute atomic E-state index is 0.173. The van der Waals surface area contributed by atoms with Gasteiger partial charge >= 0.3 is 5.97 Å². The van der Waals surface area contributed by atoms with E-state index in [1.54, 1.807) is 0 Å². The molecule has 0 saturated heterocycles. The van der Waals surface area contributed by atoms with Crippen molar-refractivity contribution in [3.8, 4) is 0 Å². The van der Waals surface area contributed by atoms with Gasteiger partial charge < -0.3 is 10.2 Å². The summed E-state index contributed by atoms with van der Waals surface area (Å²) < 4.78 is 0. The van der Waals surface area contributed by atoms with E-state index in [2.05, 4.69) is 6.92 Å². The number of carboxylic acids is 1. The van der Waals surface area contributed by atoms with Gasteiger partial charge in [0.25, 0.3) is 0 Å². The summed E-state index contributed by atoms with van der Waals surface area (Å²) in [4.78, 5) is 10.8. The van der Waals surface area contributed by atoms with Crippen molar-refractivity contribution in [2.45, 2.75) is 51.9 Å². The molecule has 0 aliphatic heterocycles. The maximum atomic E-state index is 10.8. The molecule has 0 bridgehead atoms. The Labute approximate surface area is 86.1 Å². The highest BCUT2D eigenvalue weighted by molar-refractivity contribution is 5.69. The SMILES string of the molecule is CCCCC(CCCCCO)C(=O)O. The maximum Gasteiger partial charge on any atom is 0.306 e. The van der Waals surface area contributed by atoms with Crippen LogP contribution in [0.3, 0.4) is 0 Å². The zero-order valence-corrected chi connectivity index (χ0v) is 9.04. The molecule has 0 aliphatic carbocycles. The molecule has 1 atom stereocenters. The molecule has 0 fully saturated rings. The Hall–Kier alpha value is -0.570. The van der Waals surface area contributed by atoms with Crippen LogP contribution >= 0.6 is 0 Å². The normalized spacial score (nSPS) is 12.7. The van der Waals surface area contributed by atoms with Crippen LogP contribution in [0.2, 0.25) is 0 Å². The molecule has 0 heterocycles. The van der Waals surface area contributed by atoms with Gasteiger partial charge in [-0.25, -0.2) is 0 Å². The van der Waals surface area contributed by atoms with Gasteiger partial charge in [-0.05, 0) is 19.3 Å². The smallest absolute Gasteiger partial charge is 0.306 e. The van der Waals surface area contributed by atoms with Gasteiger partial charge in [0.05, 0.1) is 5.92 Å². The second-order valence-corrected chi connectivity index (χ2v) is 3.75. The van der Waals surface area contributed by atoms with Crippen molar-refractivity contribution in [2.24, 2.45) is 5.92 Å². The zero-order valence-electron chi connectivity index (χ0n) is 9.04. The predicted octanol–water partition coefficient (Wildman–Crippen LogP) is 2.43. The van der Waals surface area contributed by atoms with Crippen molar-refractivity contribution < 1.29 is 15.0 Å². The van der Waals surface area contributed by atoms with Gasteiger partial charge in [0.15, 0.2) is 0 Å². The van der Waals surface area contributed by atoms with Crippen LogP contribution in [0.5, 0.6) is 0 Å². The molecule has 3 heteroatoms. The molecule has 0 rings (SSSR count). The van der Waals surface area contributed by atoms with Crippen molar-refractivity contribution in [2.75, 3.05) is 6.61 Å². The molecule has 0 radical (unpaired) electrons. The number of unbranched alkanes of at least 4 members (excludes halogenated alkanes) is 3. The molecular weight excluding hydrogens is 180 g/mol. The third-order valence-corrected chi connectivity index (χ3v) is 2.47. The summed E-state index contributed by atoms with van der Waals surface area (Å²) in [6, 6.07) is 0. The number of hydrogen-bond acceptors (Lipinski definition) is 2. The van der Waals surface area contributed by atoms with Gasteiger partial charge in [-0.15, -0.1) is 0 Å². The van der Waals surface area contributed by atoms with Crippen LogP contribution in [-0.2, 0) is 4.79 Å². The van der Waals surface area contributed by atoms with Crippen LogP contribution in [0.25, 0.3) is 0 Å². The standard InChI is InChI=1S/C11H22O3/c1-2-3-7-10(11(13)14)8-5-4-6-9-12/h10,12H,2-9H2,1H3,(H,13,14). The Bertz CT molecular complexity index is 145. The van der Waals surface area contributed by atoms with Gasteiger partial charge in [0.1, 0.15) is 0 Å². The van der Waals surface area contributed by atoms with E-state index in [9.17, 15) is 4.79 Å². The van der Waals surface area contributed by atoms with E-state index in [-0.39, 0.29) is 12.5 Å². The van der Waals surface area contributed by atoms with E-state index < -0.39 is 5.97 Å². The van der Waals surface area contributed by atoms with Crippen molar-refractivity contribution in [1.29, 1.82) is 0 Å². The van der Waals surface area contributed by atoms with E-state index in [1.165, 1.54) is 0 Å². The molecule has 0 aromatic rings. The summed E-state index contributed by atoms with van der Waals surface area (Å²) >= 11 is 0. The largest absolute Gasteiger partial charge is 0.481 e. The van der Waals surface area contributed by atoms with Crippen LogP contribution in [0.15, 0.2) is 0 Å². The topological polar surface area (TPSA) is 57.5 Å². The van der Waals surface area contributed by atoms with Crippen molar-refractivity contribution in [1.82, 2.24) is 0 Å². The molecule has 14 heavy (non-hydrogen) atoms. The minimum Gasteiger partial charge on any atom is -0.481 e. The molecular formula is C11H22O3. The lowest BCUT2D eigenvalue weighted by Crippen LogP contribution is -2.13. The van der Waals surface area contributed by atoms with E-state index in [0.29, 0.717) is 0 Å². The number of aliphatic carboxylic acids is 1. The average Bonchev–Trinajstić information content (AvgIpc) is 2.16. The highest BCUT2D eigenvalue weighted by Crippen LogP contribution is 2.16. The Morgan fingerprint density at radius 2 is 1.79 bits per heavy atom. The fourth-order valence-electron chi connectivity index (χ4n) is 1.52. The van der Waals surface area contributed by atoms with Crippen LogP contribution in [0.1, 0.15) is 51.9 Å². The average molecular weight is 202 g/mol. The summed E-state index contributed by atoms with van der Waals surface area (Å²) in [5, 5.41) is 17.5. The lowest BCUT2D eigenvalue weighted by atomic mass is 9.96. The molecule has 0 aliphatic rings. The maximum absolute atomic E-state index is 10.8. The van der Waals surface area contributed by atoms with Crippen molar-refractivity contribution >= 4 is 5.97 Å². The van der Waals surface area contributed by atoms with Crippen molar-refractivity contribution in [3.05, 3.63) is 0 Å². The number of aliphatic hydroxyl groups excluding tert-OH is 1. The Balaban J connectivity index is 3.57. The lowest BCUT2D eigenvalue weighted by Gasteiger charge is -2.10. The van der Waals surface area contributed by atoms with Gasteiger partial charge in [-0.1, -0.05) is 32.6 Å². The van der Waals surface area contributed by atoms with Crippen LogP contribution in [-0.4, -0.2) is 22.8 Å². The summed E-state index contributed by atoms with van der Waals surface area (Å²) in [6.45, 7) is 2.29. The number of rotatable bonds is 9. The molecule has 1 unspecified atom stereocenters. The van der Waals surface area contributed by atoms with Gasteiger partial charge in [-0.3, -0.25) is 4.79 Å². The third kappa shape index (κ3) is 6.89. The van der Waals surface area contributed by atoms with Gasteiger partial charge in [0, 0.05) is 6.61 Å². The zero-order chi connectivity index (χ0) is 10.8. The summed E-state index contributed by atoms with van der Waals surface area (Å²) in [6.07, 6.45) is 6.26. The number of carbonyl (C=O) groups is 1. The first-order chi connectivity index (χ1) is 6.72. The van der Waals surface area contributed by atoms with Crippen LogP contribution < -0.4 is 0 Å². The van der Waals surface area contributed by atoms with Gasteiger partial charge in [0.2, 0.25) is 0 Å². The second kappa shape index (κ2) is 9.00. The quantitative estimate of drug-likeness (QED) is 0.564. The molecule has 0 spiro atoms. The lowest BCUT2D eigenvalue weighted by molar-refractivity contribution is -0.142. The third-order valence-electron chi connectivity index (χ3n) is 2.47. The Kier molecular flexibility index (Phi) is 8.64. The minimum atomic E-state index is -0.664. The van der Waals surface area contributed by atoms with E-state index in [0.717, 1.165) is 44.9 Å². The van der Waals surface area contributed by atoms with Crippen LogP contribution in [0.4, 0.5) is 0 Å². The molecule has 0 aromatic carbocycles. The molecule has 2 N–H and O–H groups in total. The summed E-state index contributed by atoms with van der Waals surface area (Å²) in [5.74, 6) is -0.837. The summed E-state index contributed by atoms with van der Waals surface area (Å²) in [7, 11) is 0. The molecule has 0 amide bonds. The van der Waals surface area contributed by atoms with Crippen molar-refractivity contribution in [3.63, 3.8) is 0 Å².